The van der Waals surface area contributed by atoms with Gasteiger partial charge in [0.25, 0.3) is 0 Å². The van der Waals surface area contributed by atoms with E-state index in [-0.39, 0.29) is 18.2 Å². The topological polar surface area (TPSA) is 64.6 Å². The Morgan fingerprint density at radius 2 is 1.80 bits per heavy atom. The van der Waals surface area contributed by atoms with Crippen LogP contribution in [0.3, 0.4) is 0 Å². The molecule has 1 rings (SSSR count). The molecule has 0 heterocycles. The Balaban J connectivity index is 2.90. The third-order valence-electron chi connectivity index (χ3n) is 2.28. The standard InChI is InChI=1S/C13H15ClFNO4/c1-3-19-12(17)11(13(18)20-4-2)16-8-5-6-10(15)9(14)7-8/h5-7,11,16H,3-4H2,1-2H3. The van der Waals surface area contributed by atoms with Crippen LogP contribution in [-0.4, -0.2) is 31.2 Å². The number of carbonyl (C=O) groups is 2. The summed E-state index contributed by atoms with van der Waals surface area (Å²) in [6, 6.07) is 2.42. The van der Waals surface area contributed by atoms with Gasteiger partial charge in [0.1, 0.15) is 5.82 Å². The van der Waals surface area contributed by atoms with Gasteiger partial charge in [0, 0.05) is 5.69 Å². The van der Waals surface area contributed by atoms with Crippen molar-refractivity contribution in [1.29, 1.82) is 0 Å². The maximum atomic E-state index is 13.1. The number of benzene rings is 1. The first kappa shape index (κ1) is 16.2. The lowest BCUT2D eigenvalue weighted by Crippen LogP contribution is -2.40. The van der Waals surface area contributed by atoms with Gasteiger partial charge in [-0.15, -0.1) is 0 Å². The highest BCUT2D eigenvalue weighted by Gasteiger charge is 2.29. The number of anilines is 1. The number of ether oxygens (including phenoxy) is 2. The summed E-state index contributed by atoms with van der Waals surface area (Å²) in [4.78, 5) is 23.4. The van der Waals surface area contributed by atoms with Crippen LogP contribution in [0.2, 0.25) is 5.02 Å². The van der Waals surface area contributed by atoms with Crippen molar-refractivity contribution >= 4 is 29.2 Å². The first-order valence-corrected chi connectivity index (χ1v) is 6.42. The Hall–Kier alpha value is -1.82. The van der Waals surface area contributed by atoms with E-state index in [1.54, 1.807) is 13.8 Å². The molecule has 20 heavy (non-hydrogen) atoms. The smallest absolute Gasteiger partial charge is 0.340 e. The summed E-state index contributed by atoms with van der Waals surface area (Å²) in [5, 5.41) is 2.49. The molecule has 1 aromatic rings. The van der Waals surface area contributed by atoms with Crippen molar-refractivity contribution in [2.24, 2.45) is 0 Å². The quantitative estimate of drug-likeness (QED) is 0.646. The third kappa shape index (κ3) is 4.38. The van der Waals surface area contributed by atoms with Crippen molar-refractivity contribution in [3.05, 3.63) is 29.0 Å². The van der Waals surface area contributed by atoms with E-state index in [0.717, 1.165) is 6.07 Å². The number of esters is 2. The molecule has 0 aliphatic rings. The number of nitrogens with one attached hydrogen (secondary N) is 1. The molecule has 1 N–H and O–H groups in total. The van der Waals surface area contributed by atoms with Crippen molar-refractivity contribution < 1.29 is 23.5 Å². The second-order valence-corrected chi connectivity index (χ2v) is 4.12. The molecule has 0 fully saturated rings. The van der Waals surface area contributed by atoms with Gasteiger partial charge in [0.2, 0.25) is 6.04 Å². The average Bonchev–Trinajstić information content (AvgIpc) is 2.40. The summed E-state index contributed by atoms with van der Waals surface area (Å²) in [7, 11) is 0. The monoisotopic (exact) mass is 303 g/mol. The Kier molecular flexibility index (Phi) is 6.24. The summed E-state index contributed by atoms with van der Waals surface area (Å²) in [6.07, 6.45) is 0. The average molecular weight is 304 g/mol. The van der Waals surface area contributed by atoms with Gasteiger partial charge in [-0.2, -0.15) is 0 Å². The van der Waals surface area contributed by atoms with Gasteiger partial charge in [-0.3, -0.25) is 0 Å². The molecule has 0 saturated carbocycles. The molecule has 0 amide bonds. The number of halogens is 2. The SMILES string of the molecule is CCOC(=O)C(Nc1ccc(F)c(Cl)c1)C(=O)OCC. The van der Waals surface area contributed by atoms with Crippen LogP contribution in [0, 0.1) is 5.82 Å². The van der Waals surface area contributed by atoms with Gasteiger partial charge >= 0.3 is 11.9 Å². The Labute approximate surface area is 121 Å². The molecule has 0 unspecified atom stereocenters. The Morgan fingerprint density at radius 1 is 1.25 bits per heavy atom. The van der Waals surface area contributed by atoms with Crippen molar-refractivity contribution in [2.45, 2.75) is 19.9 Å². The van der Waals surface area contributed by atoms with Crippen molar-refractivity contribution in [1.82, 2.24) is 0 Å². The summed E-state index contributed by atoms with van der Waals surface area (Å²) in [5.74, 6) is -2.14. The van der Waals surface area contributed by atoms with E-state index in [1.807, 2.05) is 0 Å². The first-order valence-electron chi connectivity index (χ1n) is 6.04. The third-order valence-corrected chi connectivity index (χ3v) is 2.56. The minimum atomic E-state index is -1.32. The maximum absolute atomic E-state index is 13.1. The van der Waals surface area contributed by atoms with Crippen LogP contribution in [0.5, 0.6) is 0 Å². The van der Waals surface area contributed by atoms with Crippen molar-refractivity contribution in [2.75, 3.05) is 18.5 Å². The summed E-state index contributed by atoms with van der Waals surface area (Å²) < 4.78 is 22.6. The van der Waals surface area contributed by atoms with Gasteiger partial charge in [-0.1, -0.05) is 11.6 Å². The molecule has 0 aliphatic heterocycles. The molecular formula is C13H15ClFNO4. The minimum absolute atomic E-state index is 0.124. The van der Waals surface area contributed by atoms with Gasteiger partial charge in [0.15, 0.2) is 0 Å². The second-order valence-electron chi connectivity index (χ2n) is 3.71. The number of hydrogen-bond acceptors (Lipinski definition) is 5. The van der Waals surface area contributed by atoms with Gasteiger partial charge in [0.05, 0.1) is 18.2 Å². The molecule has 5 nitrogen and oxygen atoms in total. The lowest BCUT2D eigenvalue weighted by molar-refractivity contribution is -0.155. The van der Waals surface area contributed by atoms with Crippen LogP contribution in [0.1, 0.15) is 13.8 Å². The van der Waals surface area contributed by atoms with Crippen LogP contribution in [0.25, 0.3) is 0 Å². The van der Waals surface area contributed by atoms with E-state index in [1.165, 1.54) is 12.1 Å². The number of hydrogen-bond donors (Lipinski definition) is 1. The van der Waals surface area contributed by atoms with Crippen LogP contribution in [-0.2, 0) is 19.1 Å². The van der Waals surface area contributed by atoms with E-state index < -0.39 is 23.8 Å². The zero-order chi connectivity index (χ0) is 15.1. The zero-order valence-corrected chi connectivity index (χ0v) is 11.9. The fourth-order valence-electron chi connectivity index (χ4n) is 1.42. The summed E-state index contributed by atoms with van der Waals surface area (Å²) in [5.41, 5.74) is 0.308. The molecule has 1 aromatic carbocycles. The molecular weight excluding hydrogens is 289 g/mol. The van der Waals surface area contributed by atoms with Crippen LogP contribution in [0.15, 0.2) is 18.2 Å². The van der Waals surface area contributed by atoms with Gasteiger partial charge in [-0.05, 0) is 32.0 Å². The van der Waals surface area contributed by atoms with Gasteiger partial charge in [-0.25, -0.2) is 14.0 Å². The van der Waals surface area contributed by atoms with Crippen LogP contribution >= 0.6 is 11.6 Å². The van der Waals surface area contributed by atoms with Crippen molar-refractivity contribution in [3.63, 3.8) is 0 Å². The highest BCUT2D eigenvalue weighted by Crippen LogP contribution is 2.20. The Bertz CT molecular complexity index is 477. The van der Waals surface area contributed by atoms with Crippen molar-refractivity contribution in [3.8, 4) is 0 Å². The highest BCUT2D eigenvalue weighted by molar-refractivity contribution is 6.31. The lowest BCUT2D eigenvalue weighted by Gasteiger charge is -2.17. The molecule has 0 aliphatic carbocycles. The molecule has 110 valence electrons. The van der Waals surface area contributed by atoms with E-state index in [2.05, 4.69) is 5.32 Å². The minimum Gasteiger partial charge on any atom is -0.464 e. The maximum Gasteiger partial charge on any atom is 0.340 e. The second kappa shape index (κ2) is 7.69. The first-order chi connectivity index (χ1) is 9.49. The zero-order valence-electron chi connectivity index (χ0n) is 11.1. The largest absolute Gasteiger partial charge is 0.464 e. The normalized spacial score (nSPS) is 10.2. The van der Waals surface area contributed by atoms with E-state index in [0.29, 0.717) is 5.69 Å². The van der Waals surface area contributed by atoms with E-state index in [9.17, 15) is 14.0 Å². The molecule has 0 radical (unpaired) electrons. The summed E-state index contributed by atoms with van der Waals surface area (Å²) >= 11 is 5.63. The molecule has 0 bridgehead atoms. The van der Waals surface area contributed by atoms with Crippen LogP contribution < -0.4 is 5.32 Å². The predicted molar refractivity (Wildman–Crippen MR) is 72.1 cm³/mol. The summed E-state index contributed by atoms with van der Waals surface area (Å²) in [6.45, 7) is 3.49. The molecule has 0 atom stereocenters. The highest BCUT2D eigenvalue weighted by atomic mass is 35.5. The fraction of sp³-hybridized carbons (Fsp3) is 0.385. The molecule has 0 spiro atoms. The number of carbonyl (C=O) groups excluding carboxylic acids is 2. The van der Waals surface area contributed by atoms with E-state index >= 15 is 0 Å². The lowest BCUT2D eigenvalue weighted by atomic mass is 10.2. The van der Waals surface area contributed by atoms with Crippen LogP contribution in [0.4, 0.5) is 10.1 Å². The predicted octanol–water partition coefficient (Wildman–Crippen LogP) is 2.39. The van der Waals surface area contributed by atoms with Gasteiger partial charge < -0.3 is 14.8 Å². The molecule has 0 aromatic heterocycles. The fourth-order valence-corrected chi connectivity index (χ4v) is 1.60. The molecule has 7 heteroatoms. The van der Waals surface area contributed by atoms with E-state index in [4.69, 9.17) is 21.1 Å². The number of rotatable bonds is 6. The molecule has 0 saturated heterocycles. The Morgan fingerprint density at radius 3 is 2.25 bits per heavy atom.